The van der Waals surface area contributed by atoms with E-state index in [4.69, 9.17) is 0 Å². The first-order valence-corrected chi connectivity index (χ1v) is 6.24. The Balaban J connectivity index is 0. The van der Waals surface area contributed by atoms with Crippen LogP contribution in [0.5, 0.6) is 0 Å². The molecule has 0 radical (unpaired) electrons. The van der Waals surface area contributed by atoms with Crippen LogP contribution in [0.3, 0.4) is 0 Å². The lowest BCUT2D eigenvalue weighted by Crippen LogP contribution is -1.82. The average molecular weight is 232 g/mol. The Hall–Kier alpha value is -1.30. The SMILES string of the molecule is C.CC.CC.Cc1ccc2ccccc2c1C. The summed E-state index contributed by atoms with van der Waals surface area (Å²) in [6.45, 7) is 12.3. The van der Waals surface area contributed by atoms with Crippen LogP contribution in [0.1, 0.15) is 46.2 Å². The third-order valence-corrected chi connectivity index (χ3v) is 2.47. The summed E-state index contributed by atoms with van der Waals surface area (Å²) >= 11 is 0. The highest BCUT2D eigenvalue weighted by Gasteiger charge is 1.97. The van der Waals surface area contributed by atoms with Crippen molar-refractivity contribution < 1.29 is 0 Å². The lowest BCUT2D eigenvalue weighted by Gasteiger charge is -2.04. The molecule has 0 heteroatoms. The van der Waals surface area contributed by atoms with Gasteiger partial charge in [-0.3, -0.25) is 0 Å². The Morgan fingerprint density at radius 3 is 1.82 bits per heavy atom. The topological polar surface area (TPSA) is 0 Å². The van der Waals surface area contributed by atoms with E-state index in [1.165, 1.54) is 21.9 Å². The summed E-state index contributed by atoms with van der Waals surface area (Å²) in [6.07, 6.45) is 0. The lowest BCUT2D eigenvalue weighted by atomic mass is 10.0. The molecule has 96 valence electrons. The molecule has 0 N–H and O–H groups in total. The maximum absolute atomic E-state index is 2.18. The average Bonchev–Trinajstić information content (AvgIpc) is 2.39. The van der Waals surface area contributed by atoms with Crippen LogP contribution in [0.2, 0.25) is 0 Å². The Kier molecular flexibility index (Phi) is 10.5. The van der Waals surface area contributed by atoms with Crippen molar-refractivity contribution >= 4 is 10.8 Å². The first kappa shape index (κ1) is 18.1. The number of rotatable bonds is 0. The summed E-state index contributed by atoms with van der Waals surface area (Å²) in [5.41, 5.74) is 2.77. The van der Waals surface area contributed by atoms with Gasteiger partial charge in [-0.15, -0.1) is 0 Å². The van der Waals surface area contributed by atoms with Crippen molar-refractivity contribution in [1.29, 1.82) is 0 Å². The van der Waals surface area contributed by atoms with E-state index in [2.05, 4.69) is 50.2 Å². The zero-order valence-corrected chi connectivity index (χ0v) is 11.5. The quantitative estimate of drug-likeness (QED) is 0.511. The molecule has 0 unspecified atom stereocenters. The molecule has 0 saturated heterocycles. The van der Waals surface area contributed by atoms with E-state index in [1.54, 1.807) is 0 Å². The second-order valence-electron chi connectivity index (χ2n) is 3.23. The summed E-state index contributed by atoms with van der Waals surface area (Å²) in [6, 6.07) is 12.9. The molecule has 0 amide bonds. The highest BCUT2D eigenvalue weighted by molar-refractivity contribution is 5.86. The number of aryl methyl sites for hydroxylation is 2. The van der Waals surface area contributed by atoms with E-state index in [-0.39, 0.29) is 7.43 Å². The van der Waals surface area contributed by atoms with Gasteiger partial charge in [-0.25, -0.2) is 0 Å². The first-order chi connectivity index (χ1) is 7.79. The molecule has 0 aromatic heterocycles. The van der Waals surface area contributed by atoms with Gasteiger partial charge in [0, 0.05) is 0 Å². The van der Waals surface area contributed by atoms with E-state index in [9.17, 15) is 0 Å². The molecular formula is C17H28. The Labute approximate surface area is 108 Å². The molecule has 0 aliphatic rings. The lowest BCUT2D eigenvalue weighted by molar-refractivity contribution is 1.38. The van der Waals surface area contributed by atoms with Gasteiger partial charge in [-0.05, 0) is 35.7 Å². The standard InChI is InChI=1S/C12H12.2C2H6.CH4/c1-9-7-8-11-5-3-4-6-12(11)10(9)2;2*1-2;/h3-8H,1-2H3;2*1-2H3;1H4. The number of hydrogen-bond acceptors (Lipinski definition) is 0. The van der Waals surface area contributed by atoms with Crippen molar-refractivity contribution in [3.05, 3.63) is 47.5 Å². The molecule has 2 aromatic carbocycles. The highest BCUT2D eigenvalue weighted by atomic mass is 14.0. The predicted molar refractivity (Wildman–Crippen MR) is 82.8 cm³/mol. The fraction of sp³-hybridized carbons (Fsp3) is 0.412. The van der Waals surface area contributed by atoms with E-state index in [0.29, 0.717) is 0 Å². The summed E-state index contributed by atoms with van der Waals surface area (Å²) in [5.74, 6) is 0. The Morgan fingerprint density at radius 2 is 1.24 bits per heavy atom. The van der Waals surface area contributed by atoms with Crippen LogP contribution >= 0.6 is 0 Å². The minimum absolute atomic E-state index is 0. The maximum atomic E-state index is 2.18. The fourth-order valence-corrected chi connectivity index (χ4v) is 1.54. The number of benzene rings is 2. The normalized spacial score (nSPS) is 8.12. The molecule has 0 nitrogen and oxygen atoms in total. The third-order valence-electron chi connectivity index (χ3n) is 2.47. The van der Waals surface area contributed by atoms with Crippen LogP contribution in [0.4, 0.5) is 0 Å². The molecule has 2 rings (SSSR count). The number of fused-ring (bicyclic) bond motifs is 1. The van der Waals surface area contributed by atoms with Crippen LogP contribution < -0.4 is 0 Å². The van der Waals surface area contributed by atoms with Gasteiger partial charge in [0.05, 0.1) is 0 Å². The molecule has 0 bridgehead atoms. The summed E-state index contributed by atoms with van der Waals surface area (Å²) < 4.78 is 0. The van der Waals surface area contributed by atoms with Gasteiger partial charge in [-0.2, -0.15) is 0 Å². The molecule has 0 aliphatic heterocycles. The van der Waals surface area contributed by atoms with Crippen molar-refractivity contribution in [1.82, 2.24) is 0 Å². The molecule has 2 aromatic rings. The van der Waals surface area contributed by atoms with Gasteiger partial charge in [0.2, 0.25) is 0 Å². The van der Waals surface area contributed by atoms with E-state index >= 15 is 0 Å². The Morgan fingerprint density at radius 1 is 0.706 bits per heavy atom. The van der Waals surface area contributed by atoms with E-state index < -0.39 is 0 Å². The van der Waals surface area contributed by atoms with E-state index in [0.717, 1.165) is 0 Å². The first-order valence-electron chi connectivity index (χ1n) is 6.24. The zero-order valence-electron chi connectivity index (χ0n) is 11.5. The van der Waals surface area contributed by atoms with Crippen LogP contribution in [0, 0.1) is 13.8 Å². The molecule has 0 spiro atoms. The van der Waals surface area contributed by atoms with Gasteiger partial charge in [0.15, 0.2) is 0 Å². The minimum atomic E-state index is 0. The van der Waals surface area contributed by atoms with Gasteiger partial charge in [-0.1, -0.05) is 71.5 Å². The Bertz CT molecular complexity index is 413. The smallest absolute Gasteiger partial charge is 0.0152 e. The monoisotopic (exact) mass is 232 g/mol. The minimum Gasteiger partial charge on any atom is -0.0776 e. The molecule has 17 heavy (non-hydrogen) atoms. The second kappa shape index (κ2) is 9.89. The van der Waals surface area contributed by atoms with Crippen LogP contribution in [-0.4, -0.2) is 0 Å². The predicted octanol–water partition coefficient (Wildman–Crippen LogP) is 6.15. The van der Waals surface area contributed by atoms with Crippen LogP contribution in [-0.2, 0) is 0 Å². The summed E-state index contributed by atoms with van der Waals surface area (Å²) in [7, 11) is 0. The summed E-state index contributed by atoms with van der Waals surface area (Å²) in [4.78, 5) is 0. The molecule has 0 atom stereocenters. The largest absolute Gasteiger partial charge is 0.0776 e. The van der Waals surface area contributed by atoms with E-state index in [1.807, 2.05) is 27.7 Å². The van der Waals surface area contributed by atoms with Crippen molar-refractivity contribution in [2.24, 2.45) is 0 Å². The van der Waals surface area contributed by atoms with Gasteiger partial charge in [0.25, 0.3) is 0 Å². The van der Waals surface area contributed by atoms with Gasteiger partial charge < -0.3 is 0 Å². The van der Waals surface area contributed by atoms with Crippen molar-refractivity contribution in [2.45, 2.75) is 49.0 Å². The second-order valence-corrected chi connectivity index (χ2v) is 3.23. The molecule has 0 fully saturated rings. The van der Waals surface area contributed by atoms with Gasteiger partial charge >= 0.3 is 0 Å². The highest BCUT2D eigenvalue weighted by Crippen LogP contribution is 2.20. The van der Waals surface area contributed by atoms with Crippen molar-refractivity contribution in [3.63, 3.8) is 0 Å². The van der Waals surface area contributed by atoms with Crippen molar-refractivity contribution in [2.75, 3.05) is 0 Å². The maximum Gasteiger partial charge on any atom is -0.0152 e. The molecular weight excluding hydrogens is 204 g/mol. The molecule has 0 heterocycles. The van der Waals surface area contributed by atoms with Gasteiger partial charge in [0.1, 0.15) is 0 Å². The molecule has 0 saturated carbocycles. The fourth-order valence-electron chi connectivity index (χ4n) is 1.54. The van der Waals surface area contributed by atoms with Crippen LogP contribution in [0.15, 0.2) is 36.4 Å². The van der Waals surface area contributed by atoms with Crippen LogP contribution in [0.25, 0.3) is 10.8 Å². The third kappa shape index (κ3) is 4.60. The molecule has 0 aliphatic carbocycles. The number of hydrogen-bond donors (Lipinski definition) is 0. The zero-order chi connectivity index (χ0) is 12.6. The summed E-state index contributed by atoms with van der Waals surface area (Å²) in [5, 5.41) is 2.71. The van der Waals surface area contributed by atoms with Crippen molar-refractivity contribution in [3.8, 4) is 0 Å².